The molecule has 0 aliphatic heterocycles. The number of nitrogens with zero attached hydrogens (tertiary/aromatic N) is 1. The van der Waals surface area contributed by atoms with Crippen molar-refractivity contribution in [1.82, 2.24) is 10.6 Å². The Labute approximate surface area is 156 Å². The maximum Gasteiger partial charge on any atom is 0.191 e. The van der Waals surface area contributed by atoms with Gasteiger partial charge in [-0.15, -0.1) is 0 Å². The fourth-order valence-electron chi connectivity index (χ4n) is 2.74. The van der Waals surface area contributed by atoms with Gasteiger partial charge in [0, 0.05) is 20.1 Å². The Morgan fingerprint density at radius 1 is 1.04 bits per heavy atom. The largest absolute Gasteiger partial charge is 0.493 e. The highest BCUT2D eigenvalue weighted by Gasteiger charge is 2.08. The molecule has 5 heteroatoms. The van der Waals surface area contributed by atoms with Crippen LogP contribution in [-0.4, -0.2) is 33.8 Å². The maximum absolute atomic E-state index is 5.35. The summed E-state index contributed by atoms with van der Waals surface area (Å²) in [6.07, 6.45) is 0. The maximum atomic E-state index is 5.35. The summed E-state index contributed by atoms with van der Waals surface area (Å²) in [5, 5.41) is 6.73. The first-order valence-electron chi connectivity index (χ1n) is 8.79. The topological polar surface area (TPSA) is 54.9 Å². The molecule has 0 aromatic heterocycles. The number of benzene rings is 2. The lowest BCUT2D eigenvalue weighted by atomic mass is 9.99. The Kier molecular flexibility index (Phi) is 7.33. The summed E-state index contributed by atoms with van der Waals surface area (Å²) in [5.74, 6) is 2.63. The highest BCUT2D eigenvalue weighted by atomic mass is 16.5. The van der Waals surface area contributed by atoms with E-state index in [1.54, 1.807) is 21.3 Å². The van der Waals surface area contributed by atoms with Gasteiger partial charge < -0.3 is 20.1 Å². The van der Waals surface area contributed by atoms with Crippen molar-refractivity contribution in [3.8, 4) is 11.5 Å². The van der Waals surface area contributed by atoms with Crippen molar-refractivity contribution in [3.63, 3.8) is 0 Å². The first-order chi connectivity index (χ1) is 12.6. The van der Waals surface area contributed by atoms with Crippen LogP contribution in [0.4, 0.5) is 0 Å². The van der Waals surface area contributed by atoms with Gasteiger partial charge in [-0.3, -0.25) is 4.99 Å². The van der Waals surface area contributed by atoms with Crippen LogP contribution in [-0.2, 0) is 6.54 Å². The summed E-state index contributed by atoms with van der Waals surface area (Å²) in [7, 11) is 5.06. The summed E-state index contributed by atoms with van der Waals surface area (Å²) in [6.45, 7) is 5.80. The van der Waals surface area contributed by atoms with E-state index in [0.717, 1.165) is 29.6 Å². The number of rotatable bonds is 7. The molecule has 2 aromatic carbocycles. The molecule has 0 bridgehead atoms. The number of aliphatic imine (C=N–C) groups is 1. The second kappa shape index (κ2) is 9.70. The number of nitrogens with one attached hydrogen (secondary N) is 2. The van der Waals surface area contributed by atoms with Crippen molar-refractivity contribution in [2.45, 2.75) is 26.3 Å². The Hall–Kier alpha value is -2.69. The third-order valence-electron chi connectivity index (χ3n) is 4.32. The van der Waals surface area contributed by atoms with E-state index in [-0.39, 0.29) is 0 Å². The molecule has 0 fully saturated rings. The van der Waals surface area contributed by atoms with Gasteiger partial charge in [0.1, 0.15) is 0 Å². The predicted molar refractivity (Wildman–Crippen MR) is 107 cm³/mol. The fraction of sp³-hybridized carbons (Fsp3) is 0.381. The molecule has 0 saturated carbocycles. The van der Waals surface area contributed by atoms with Crippen LogP contribution in [0.15, 0.2) is 47.5 Å². The van der Waals surface area contributed by atoms with Crippen molar-refractivity contribution in [1.29, 1.82) is 0 Å². The number of ether oxygens (including phenoxy) is 2. The molecule has 1 atom stereocenters. The van der Waals surface area contributed by atoms with Gasteiger partial charge in [0.25, 0.3) is 0 Å². The molecule has 26 heavy (non-hydrogen) atoms. The van der Waals surface area contributed by atoms with Gasteiger partial charge in [0.05, 0.1) is 14.2 Å². The number of hydrogen-bond acceptors (Lipinski definition) is 3. The molecule has 140 valence electrons. The average Bonchev–Trinajstić information content (AvgIpc) is 2.67. The minimum Gasteiger partial charge on any atom is -0.493 e. The molecule has 0 heterocycles. The summed E-state index contributed by atoms with van der Waals surface area (Å²) in [6, 6.07) is 14.5. The van der Waals surface area contributed by atoms with Gasteiger partial charge in [-0.1, -0.05) is 42.8 Å². The zero-order chi connectivity index (χ0) is 18.9. The van der Waals surface area contributed by atoms with Crippen LogP contribution < -0.4 is 20.1 Å². The van der Waals surface area contributed by atoms with E-state index >= 15 is 0 Å². The van der Waals surface area contributed by atoms with E-state index in [1.807, 2.05) is 18.2 Å². The number of guanidine groups is 1. The van der Waals surface area contributed by atoms with Crippen molar-refractivity contribution in [2.24, 2.45) is 4.99 Å². The summed E-state index contributed by atoms with van der Waals surface area (Å²) in [4.78, 5) is 4.30. The van der Waals surface area contributed by atoms with Crippen LogP contribution in [0.1, 0.15) is 29.5 Å². The van der Waals surface area contributed by atoms with Gasteiger partial charge in [-0.2, -0.15) is 0 Å². The van der Waals surface area contributed by atoms with Gasteiger partial charge >= 0.3 is 0 Å². The van der Waals surface area contributed by atoms with Gasteiger partial charge in [0.2, 0.25) is 0 Å². The van der Waals surface area contributed by atoms with Crippen LogP contribution in [0.25, 0.3) is 0 Å². The van der Waals surface area contributed by atoms with Crippen molar-refractivity contribution in [3.05, 3.63) is 59.2 Å². The normalized spacial score (nSPS) is 12.4. The Balaban J connectivity index is 1.90. The van der Waals surface area contributed by atoms with E-state index in [9.17, 15) is 0 Å². The molecule has 5 nitrogen and oxygen atoms in total. The lowest BCUT2D eigenvalue weighted by Gasteiger charge is -2.17. The molecule has 2 rings (SSSR count). The SMILES string of the molecule is CN=C(NCc1ccc(OC)c(OC)c1)NCC(C)c1cccc(C)c1. The van der Waals surface area contributed by atoms with E-state index in [1.165, 1.54) is 11.1 Å². The third kappa shape index (κ3) is 5.41. The number of hydrogen-bond donors (Lipinski definition) is 2. The highest BCUT2D eigenvalue weighted by Crippen LogP contribution is 2.27. The van der Waals surface area contributed by atoms with Crippen LogP contribution >= 0.6 is 0 Å². The molecule has 2 N–H and O–H groups in total. The molecule has 0 aliphatic carbocycles. The standard InChI is InChI=1S/C21H29N3O2/c1-15-7-6-8-18(11-15)16(2)13-23-21(22-3)24-14-17-9-10-19(25-4)20(12-17)26-5/h6-12,16H,13-14H2,1-5H3,(H2,22,23,24). The first-order valence-corrected chi connectivity index (χ1v) is 8.79. The molecule has 0 aliphatic rings. The molecular weight excluding hydrogens is 326 g/mol. The lowest BCUT2D eigenvalue weighted by Crippen LogP contribution is -2.38. The predicted octanol–water partition coefficient (Wildman–Crippen LogP) is 3.48. The quantitative estimate of drug-likeness (QED) is 0.590. The van der Waals surface area contributed by atoms with Gasteiger partial charge in [0.15, 0.2) is 17.5 Å². The zero-order valence-corrected chi connectivity index (χ0v) is 16.3. The first kappa shape index (κ1) is 19.6. The van der Waals surface area contributed by atoms with E-state index in [0.29, 0.717) is 12.5 Å². The van der Waals surface area contributed by atoms with Crippen LogP contribution in [0.3, 0.4) is 0 Å². The van der Waals surface area contributed by atoms with Crippen molar-refractivity contribution >= 4 is 5.96 Å². The summed E-state index contributed by atoms with van der Waals surface area (Å²) >= 11 is 0. The van der Waals surface area contributed by atoms with Gasteiger partial charge in [-0.25, -0.2) is 0 Å². The smallest absolute Gasteiger partial charge is 0.191 e. The second-order valence-electron chi connectivity index (χ2n) is 6.31. The van der Waals surface area contributed by atoms with E-state index < -0.39 is 0 Å². The fourth-order valence-corrected chi connectivity index (χ4v) is 2.74. The molecule has 0 spiro atoms. The average molecular weight is 355 g/mol. The Bertz CT molecular complexity index is 744. The monoisotopic (exact) mass is 355 g/mol. The zero-order valence-electron chi connectivity index (χ0n) is 16.3. The van der Waals surface area contributed by atoms with Crippen molar-refractivity contribution in [2.75, 3.05) is 27.8 Å². The molecule has 1 unspecified atom stereocenters. The van der Waals surface area contributed by atoms with Crippen LogP contribution in [0.5, 0.6) is 11.5 Å². The van der Waals surface area contributed by atoms with Crippen molar-refractivity contribution < 1.29 is 9.47 Å². The summed E-state index contributed by atoms with van der Waals surface area (Å²) < 4.78 is 10.6. The lowest BCUT2D eigenvalue weighted by molar-refractivity contribution is 0.354. The van der Waals surface area contributed by atoms with Crippen LogP contribution in [0.2, 0.25) is 0 Å². The van der Waals surface area contributed by atoms with E-state index in [2.05, 4.69) is 53.7 Å². The number of aryl methyl sites for hydroxylation is 1. The third-order valence-corrected chi connectivity index (χ3v) is 4.32. The van der Waals surface area contributed by atoms with E-state index in [4.69, 9.17) is 9.47 Å². The second-order valence-corrected chi connectivity index (χ2v) is 6.31. The molecule has 2 aromatic rings. The molecule has 0 saturated heterocycles. The Morgan fingerprint density at radius 3 is 2.46 bits per heavy atom. The van der Waals surface area contributed by atoms with Crippen LogP contribution in [0, 0.1) is 6.92 Å². The molecular formula is C21H29N3O2. The Morgan fingerprint density at radius 2 is 1.81 bits per heavy atom. The minimum atomic E-state index is 0.398. The molecule has 0 amide bonds. The summed E-state index contributed by atoms with van der Waals surface area (Å²) in [5.41, 5.74) is 3.70. The van der Waals surface area contributed by atoms with Gasteiger partial charge in [-0.05, 0) is 36.1 Å². The highest BCUT2D eigenvalue weighted by molar-refractivity contribution is 5.79. The molecule has 0 radical (unpaired) electrons. The number of methoxy groups -OCH3 is 2. The minimum absolute atomic E-state index is 0.398.